The Morgan fingerprint density at radius 2 is 1.81 bits per heavy atom. The molecular weight excluding hydrogens is 356 g/mol. The minimum Gasteiger partial charge on any atom is -0.299 e. The summed E-state index contributed by atoms with van der Waals surface area (Å²) in [5.41, 5.74) is 11.2. The molecule has 1 N–H and O–H groups in total. The molecule has 4 nitrogen and oxygen atoms in total. The van der Waals surface area contributed by atoms with Gasteiger partial charge >= 0.3 is 0 Å². The van der Waals surface area contributed by atoms with Crippen LogP contribution in [0.25, 0.3) is 0 Å². The van der Waals surface area contributed by atoms with Gasteiger partial charge in [0.15, 0.2) is 5.84 Å². The lowest BCUT2D eigenvalue weighted by Crippen LogP contribution is -2.35. The van der Waals surface area contributed by atoms with Crippen LogP contribution in [0.15, 0.2) is 70.4 Å². The molecule has 0 aliphatic carbocycles. The number of amidine groups is 1. The first-order chi connectivity index (χ1) is 13.0. The van der Waals surface area contributed by atoms with Gasteiger partial charge in [0.2, 0.25) is 0 Å². The zero-order chi connectivity index (χ0) is 19.1. The molecule has 0 atom stereocenters. The van der Waals surface area contributed by atoms with Gasteiger partial charge in [-0.05, 0) is 50.1 Å². The molecule has 2 aliphatic heterocycles. The van der Waals surface area contributed by atoms with E-state index in [-0.39, 0.29) is 0 Å². The predicted molar refractivity (Wildman–Crippen MR) is 113 cm³/mol. The Morgan fingerprint density at radius 1 is 1.07 bits per heavy atom. The first-order valence-electron chi connectivity index (χ1n) is 8.90. The molecule has 0 spiro atoms. The number of hydrazine groups is 1. The minimum atomic E-state index is 0.636. The first kappa shape index (κ1) is 17.6. The Hall–Kier alpha value is -2.85. The summed E-state index contributed by atoms with van der Waals surface area (Å²) < 4.78 is 0. The van der Waals surface area contributed by atoms with E-state index in [9.17, 15) is 0 Å². The molecule has 4 rings (SSSR count). The number of nitrogens with zero attached hydrogens (tertiary/aromatic N) is 3. The van der Waals surface area contributed by atoms with Crippen LogP contribution in [0.3, 0.4) is 0 Å². The van der Waals surface area contributed by atoms with E-state index >= 15 is 0 Å². The summed E-state index contributed by atoms with van der Waals surface area (Å²) in [4.78, 5) is 10.0. The van der Waals surface area contributed by atoms with Gasteiger partial charge in [-0.2, -0.15) is 0 Å². The van der Waals surface area contributed by atoms with Gasteiger partial charge in [-0.3, -0.25) is 10.4 Å². The van der Waals surface area contributed by atoms with E-state index in [4.69, 9.17) is 21.6 Å². The summed E-state index contributed by atoms with van der Waals surface area (Å²) >= 11 is 6.53. The molecule has 0 fully saturated rings. The third-order valence-electron chi connectivity index (χ3n) is 4.88. The van der Waals surface area contributed by atoms with Crippen LogP contribution in [0.1, 0.15) is 29.2 Å². The highest BCUT2D eigenvalue weighted by molar-refractivity contribution is 6.36. The Kier molecular flexibility index (Phi) is 4.36. The number of aliphatic imine (C=N–C) groups is 2. The average molecular weight is 377 g/mol. The maximum Gasteiger partial charge on any atom is 0.176 e. The number of halogens is 1. The van der Waals surface area contributed by atoms with Crippen LogP contribution < -0.4 is 5.43 Å². The Balaban J connectivity index is 2.02. The summed E-state index contributed by atoms with van der Waals surface area (Å²) in [5, 5.41) is 2.64. The maximum absolute atomic E-state index is 6.53. The standard InChI is InChI=1S/C22H21ClN4/c1-5-10-27-22-20(15(4)26-27)25-21(16-8-6-7-9-18(16)23)17-11-13(2)14(3)12-19(17)24-22/h5-9,11-12,26H,1,10H2,2-4H3. The Bertz CT molecular complexity index is 1050. The Morgan fingerprint density at radius 3 is 2.56 bits per heavy atom. The summed E-state index contributed by atoms with van der Waals surface area (Å²) in [6.07, 6.45) is 1.84. The van der Waals surface area contributed by atoms with E-state index in [1.54, 1.807) is 0 Å². The van der Waals surface area contributed by atoms with Crippen molar-refractivity contribution in [3.63, 3.8) is 0 Å². The van der Waals surface area contributed by atoms with Crippen molar-refractivity contribution >= 4 is 28.8 Å². The smallest absolute Gasteiger partial charge is 0.176 e. The van der Waals surface area contributed by atoms with Crippen molar-refractivity contribution in [2.45, 2.75) is 20.8 Å². The van der Waals surface area contributed by atoms with Crippen LogP contribution in [0.4, 0.5) is 5.69 Å². The number of aryl methyl sites for hydroxylation is 2. The number of hydrogen-bond donors (Lipinski definition) is 1. The lowest BCUT2D eigenvalue weighted by Gasteiger charge is -2.18. The van der Waals surface area contributed by atoms with Crippen LogP contribution in [-0.4, -0.2) is 23.1 Å². The lowest BCUT2D eigenvalue weighted by atomic mass is 9.96. The molecule has 136 valence electrons. The van der Waals surface area contributed by atoms with Gasteiger partial charge in [0.25, 0.3) is 0 Å². The summed E-state index contributed by atoms with van der Waals surface area (Å²) in [6, 6.07) is 12.1. The number of benzene rings is 2. The molecule has 0 radical (unpaired) electrons. The van der Waals surface area contributed by atoms with E-state index in [0.717, 1.165) is 39.8 Å². The number of nitrogens with one attached hydrogen (secondary N) is 1. The number of fused-ring (bicyclic) bond motifs is 2. The van der Waals surface area contributed by atoms with Crippen molar-refractivity contribution in [3.8, 4) is 0 Å². The van der Waals surface area contributed by atoms with Crippen molar-refractivity contribution in [1.29, 1.82) is 0 Å². The van der Waals surface area contributed by atoms with Crippen molar-refractivity contribution in [2.75, 3.05) is 6.54 Å². The summed E-state index contributed by atoms with van der Waals surface area (Å²) in [7, 11) is 0. The SMILES string of the molecule is C=CCN1NC(C)=C2N=C(c3ccccc3Cl)c3cc(C)c(C)cc3N=C21. The van der Waals surface area contributed by atoms with Crippen molar-refractivity contribution in [2.24, 2.45) is 9.98 Å². The van der Waals surface area contributed by atoms with E-state index in [1.165, 1.54) is 11.1 Å². The molecule has 5 heteroatoms. The van der Waals surface area contributed by atoms with Crippen LogP contribution >= 0.6 is 11.6 Å². The lowest BCUT2D eigenvalue weighted by molar-refractivity contribution is 0.397. The molecule has 0 unspecified atom stereocenters. The highest BCUT2D eigenvalue weighted by Crippen LogP contribution is 2.34. The van der Waals surface area contributed by atoms with Crippen LogP contribution in [-0.2, 0) is 0 Å². The fourth-order valence-electron chi connectivity index (χ4n) is 3.34. The van der Waals surface area contributed by atoms with Gasteiger partial charge in [-0.1, -0.05) is 35.9 Å². The van der Waals surface area contributed by atoms with Gasteiger partial charge in [-0.15, -0.1) is 6.58 Å². The number of allylic oxidation sites excluding steroid dienone is 1. The molecule has 2 heterocycles. The highest BCUT2D eigenvalue weighted by Gasteiger charge is 2.30. The first-order valence-corrected chi connectivity index (χ1v) is 9.27. The van der Waals surface area contributed by atoms with Gasteiger partial charge in [-0.25, -0.2) is 9.98 Å². The fourth-order valence-corrected chi connectivity index (χ4v) is 3.57. The quantitative estimate of drug-likeness (QED) is 0.759. The maximum atomic E-state index is 6.53. The van der Waals surface area contributed by atoms with Crippen molar-refractivity contribution < 1.29 is 0 Å². The molecule has 0 saturated carbocycles. The second-order valence-corrected chi connectivity index (χ2v) is 7.22. The van der Waals surface area contributed by atoms with Crippen molar-refractivity contribution in [1.82, 2.24) is 10.4 Å². The minimum absolute atomic E-state index is 0.636. The number of hydrogen-bond acceptors (Lipinski definition) is 4. The zero-order valence-corrected chi connectivity index (χ0v) is 16.4. The van der Waals surface area contributed by atoms with Crippen LogP contribution in [0.5, 0.6) is 0 Å². The molecule has 0 saturated heterocycles. The third-order valence-corrected chi connectivity index (χ3v) is 5.21. The molecule has 2 aromatic carbocycles. The normalized spacial score (nSPS) is 15.5. The van der Waals surface area contributed by atoms with E-state index < -0.39 is 0 Å². The predicted octanol–water partition coefficient (Wildman–Crippen LogP) is 5.08. The molecule has 0 bridgehead atoms. The van der Waals surface area contributed by atoms with Gasteiger partial charge in [0, 0.05) is 16.1 Å². The van der Waals surface area contributed by atoms with Gasteiger partial charge < -0.3 is 0 Å². The van der Waals surface area contributed by atoms with E-state index in [1.807, 2.05) is 42.3 Å². The molecular formula is C22H21ClN4. The second kappa shape index (κ2) is 6.71. The monoisotopic (exact) mass is 376 g/mol. The molecule has 27 heavy (non-hydrogen) atoms. The summed E-state index contributed by atoms with van der Waals surface area (Å²) in [5.74, 6) is 0.805. The summed E-state index contributed by atoms with van der Waals surface area (Å²) in [6.45, 7) is 10.7. The Labute approximate surface area is 164 Å². The molecule has 0 amide bonds. The van der Waals surface area contributed by atoms with Gasteiger partial charge in [0.1, 0.15) is 5.70 Å². The molecule has 2 aromatic rings. The third kappa shape index (κ3) is 2.96. The van der Waals surface area contributed by atoms with Crippen LogP contribution in [0.2, 0.25) is 5.02 Å². The van der Waals surface area contributed by atoms with E-state index in [2.05, 4.69) is 38.0 Å². The number of rotatable bonds is 3. The van der Waals surface area contributed by atoms with Gasteiger partial charge in [0.05, 0.1) is 23.6 Å². The second-order valence-electron chi connectivity index (χ2n) is 6.81. The fraction of sp³-hybridized carbons (Fsp3) is 0.182. The van der Waals surface area contributed by atoms with E-state index in [0.29, 0.717) is 11.6 Å². The van der Waals surface area contributed by atoms with Crippen molar-refractivity contribution in [3.05, 3.63) is 87.7 Å². The zero-order valence-electron chi connectivity index (χ0n) is 15.7. The van der Waals surface area contributed by atoms with Crippen LogP contribution in [0, 0.1) is 13.8 Å². The molecule has 2 aliphatic rings. The topological polar surface area (TPSA) is 40.0 Å². The largest absolute Gasteiger partial charge is 0.299 e. The average Bonchev–Trinajstić information content (AvgIpc) is 2.82. The highest BCUT2D eigenvalue weighted by atomic mass is 35.5. The molecule has 0 aromatic heterocycles.